The topological polar surface area (TPSA) is 61.7 Å². The van der Waals surface area contributed by atoms with Gasteiger partial charge >= 0.3 is 0 Å². The van der Waals surface area contributed by atoms with Crippen molar-refractivity contribution < 1.29 is 14.9 Å². The van der Waals surface area contributed by atoms with Crippen molar-refractivity contribution in [3.05, 3.63) is 71.8 Å². The number of para-hydroxylation sites is 1. The van der Waals surface area contributed by atoms with E-state index in [4.69, 9.17) is 4.74 Å². The summed E-state index contributed by atoms with van der Waals surface area (Å²) in [5.41, 5.74) is 3.58. The van der Waals surface area contributed by atoms with E-state index < -0.39 is 6.10 Å². The van der Waals surface area contributed by atoms with E-state index in [1.54, 1.807) is 6.07 Å². The van der Waals surface area contributed by atoms with Crippen molar-refractivity contribution in [2.45, 2.75) is 37.8 Å². The second-order valence-electron chi connectivity index (χ2n) is 6.87. The van der Waals surface area contributed by atoms with Crippen LogP contribution in [0, 0.1) is 0 Å². The minimum atomic E-state index is -0.572. The van der Waals surface area contributed by atoms with Gasteiger partial charge in [-0.15, -0.1) is 19.0 Å². The van der Waals surface area contributed by atoms with Crippen molar-refractivity contribution in [3.63, 3.8) is 0 Å². The number of rotatable bonds is 8. The van der Waals surface area contributed by atoms with Crippen LogP contribution in [-0.4, -0.2) is 35.5 Å². The van der Waals surface area contributed by atoms with Crippen LogP contribution >= 0.6 is 12.4 Å². The molecule has 146 valence electrons. The summed E-state index contributed by atoms with van der Waals surface area (Å²) in [6.45, 7) is 4.51. The van der Waals surface area contributed by atoms with E-state index in [2.05, 4.69) is 11.9 Å². The average molecular weight is 390 g/mol. The van der Waals surface area contributed by atoms with Gasteiger partial charge in [0.1, 0.15) is 24.2 Å². The predicted octanol–water partition coefficient (Wildman–Crippen LogP) is 3.43. The minimum Gasteiger partial charge on any atom is -0.508 e. The molecule has 2 aromatic carbocycles. The van der Waals surface area contributed by atoms with Gasteiger partial charge in [0.05, 0.1) is 0 Å². The number of aryl methyl sites for hydroxylation is 1. The minimum absolute atomic E-state index is 0. The Morgan fingerprint density at radius 2 is 2.04 bits per heavy atom. The molecule has 0 spiro atoms. The molecule has 1 aliphatic rings. The van der Waals surface area contributed by atoms with Gasteiger partial charge in [-0.05, 0) is 60.6 Å². The molecule has 0 heterocycles. The lowest BCUT2D eigenvalue weighted by atomic mass is 9.88. The largest absolute Gasteiger partial charge is 0.508 e. The Labute approximate surface area is 167 Å². The Bertz CT molecular complexity index is 750. The Hall–Kier alpha value is -2.01. The molecule has 0 amide bonds. The van der Waals surface area contributed by atoms with Gasteiger partial charge in [0.25, 0.3) is 0 Å². The van der Waals surface area contributed by atoms with E-state index in [-0.39, 0.29) is 19.0 Å². The second kappa shape index (κ2) is 10.4. The molecule has 2 aromatic rings. The average Bonchev–Trinajstić information content (AvgIpc) is 2.65. The van der Waals surface area contributed by atoms with E-state index in [0.29, 0.717) is 18.3 Å². The van der Waals surface area contributed by atoms with Crippen molar-refractivity contribution in [2.75, 3.05) is 13.2 Å². The van der Waals surface area contributed by atoms with E-state index in [9.17, 15) is 10.2 Å². The number of fused-ring (bicyclic) bond motifs is 1. The van der Waals surface area contributed by atoms with Gasteiger partial charge in [-0.1, -0.05) is 30.3 Å². The first-order chi connectivity index (χ1) is 12.7. The van der Waals surface area contributed by atoms with Gasteiger partial charge in [-0.2, -0.15) is 0 Å². The molecule has 0 saturated heterocycles. The monoisotopic (exact) mass is 389 g/mol. The van der Waals surface area contributed by atoms with Crippen molar-refractivity contribution in [1.29, 1.82) is 0 Å². The first-order valence-electron chi connectivity index (χ1n) is 9.19. The number of nitrogens with one attached hydrogen (secondary N) is 1. The molecule has 27 heavy (non-hydrogen) atoms. The standard InChI is InChI=1S/C22H27NO3.ClH/c1-2-5-17-6-3-4-7-22(17)26-15-21(25)14-23-19-10-8-16-9-11-20(24)13-18(16)12-19;/h2-4,6-7,9,11,13,19,21,23-25H,1,5,8,10,12,14-15H2;1H. The number of benzene rings is 2. The summed E-state index contributed by atoms with van der Waals surface area (Å²) < 4.78 is 5.79. The summed E-state index contributed by atoms with van der Waals surface area (Å²) in [5, 5.41) is 23.3. The summed E-state index contributed by atoms with van der Waals surface area (Å²) in [4.78, 5) is 0. The highest BCUT2D eigenvalue weighted by Gasteiger charge is 2.19. The maximum absolute atomic E-state index is 10.3. The number of aliphatic hydroxyl groups is 1. The number of aromatic hydroxyl groups is 1. The van der Waals surface area contributed by atoms with E-state index in [1.807, 2.05) is 42.5 Å². The molecule has 0 fully saturated rings. The fraction of sp³-hybridized carbons (Fsp3) is 0.364. The van der Waals surface area contributed by atoms with E-state index in [1.165, 1.54) is 11.1 Å². The van der Waals surface area contributed by atoms with E-state index >= 15 is 0 Å². The highest BCUT2D eigenvalue weighted by Crippen LogP contribution is 2.25. The molecular weight excluding hydrogens is 362 g/mol. The second-order valence-corrected chi connectivity index (χ2v) is 6.87. The number of hydrogen-bond donors (Lipinski definition) is 3. The summed E-state index contributed by atoms with van der Waals surface area (Å²) >= 11 is 0. The summed E-state index contributed by atoms with van der Waals surface area (Å²) in [6, 6.07) is 13.7. The Morgan fingerprint density at radius 3 is 2.85 bits per heavy atom. The van der Waals surface area contributed by atoms with Crippen LogP contribution in [-0.2, 0) is 19.3 Å². The number of allylic oxidation sites excluding steroid dienone is 1. The highest BCUT2D eigenvalue weighted by atomic mass is 35.5. The molecule has 0 aromatic heterocycles. The van der Waals surface area contributed by atoms with Gasteiger partial charge in [0, 0.05) is 12.6 Å². The summed E-state index contributed by atoms with van der Waals surface area (Å²) in [5.74, 6) is 1.12. The highest BCUT2D eigenvalue weighted by molar-refractivity contribution is 5.85. The quantitative estimate of drug-likeness (QED) is 0.605. The fourth-order valence-corrected chi connectivity index (χ4v) is 3.43. The molecule has 0 aliphatic heterocycles. The van der Waals surface area contributed by atoms with Crippen LogP contribution in [0.1, 0.15) is 23.1 Å². The Morgan fingerprint density at radius 1 is 1.22 bits per heavy atom. The van der Waals surface area contributed by atoms with Gasteiger partial charge < -0.3 is 20.3 Å². The maximum atomic E-state index is 10.3. The Balaban J connectivity index is 0.00000261. The molecule has 3 N–H and O–H groups in total. The Kier molecular flexibility index (Phi) is 8.17. The first-order valence-corrected chi connectivity index (χ1v) is 9.19. The van der Waals surface area contributed by atoms with Crippen LogP contribution in [0.25, 0.3) is 0 Å². The third-order valence-electron chi connectivity index (χ3n) is 4.83. The number of phenolic OH excluding ortho intramolecular Hbond substituents is 1. The molecule has 0 bridgehead atoms. The third-order valence-corrected chi connectivity index (χ3v) is 4.83. The SMILES string of the molecule is C=CCc1ccccc1OCC(O)CNC1CCc2ccc(O)cc2C1.Cl. The molecule has 2 unspecified atom stereocenters. The van der Waals surface area contributed by atoms with Crippen LogP contribution in [0.15, 0.2) is 55.1 Å². The van der Waals surface area contributed by atoms with Crippen LogP contribution in [0.5, 0.6) is 11.5 Å². The fourth-order valence-electron chi connectivity index (χ4n) is 3.43. The lowest BCUT2D eigenvalue weighted by molar-refractivity contribution is 0.102. The van der Waals surface area contributed by atoms with Gasteiger partial charge in [-0.3, -0.25) is 0 Å². The van der Waals surface area contributed by atoms with Gasteiger partial charge in [0.2, 0.25) is 0 Å². The van der Waals surface area contributed by atoms with E-state index in [0.717, 1.165) is 37.0 Å². The van der Waals surface area contributed by atoms with Crippen molar-refractivity contribution in [2.24, 2.45) is 0 Å². The molecule has 1 aliphatic carbocycles. The zero-order valence-electron chi connectivity index (χ0n) is 15.4. The van der Waals surface area contributed by atoms with Crippen molar-refractivity contribution in [3.8, 4) is 11.5 Å². The number of aliphatic hydroxyl groups excluding tert-OH is 1. The van der Waals surface area contributed by atoms with Gasteiger partial charge in [-0.25, -0.2) is 0 Å². The molecule has 4 nitrogen and oxygen atoms in total. The molecule has 3 rings (SSSR count). The van der Waals surface area contributed by atoms with Crippen molar-refractivity contribution >= 4 is 12.4 Å². The predicted molar refractivity (Wildman–Crippen MR) is 111 cm³/mol. The summed E-state index contributed by atoms with van der Waals surface area (Å²) in [7, 11) is 0. The van der Waals surface area contributed by atoms with Gasteiger partial charge in [0.15, 0.2) is 0 Å². The molecule has 2 atom stereocenters. The third kappa shape index (κ3) is 5.99. The normalized spacial score (nSPS) is 16.7. The zero-order chi connectivity index (χ0) is 18.4. The maximum Gasteiger partial charge on any atom is 0.122 e. The molecule has 0 radical (unpaired) electrons. The summed E-state index contributed by atoms with van der Waals surface area (Å²) in [6.07, 6.45) is 4.93. The van der Waals surface area contributed by atoms with Crippen molar-refractivity contribution in [1.82, 2.24) is 5.32 Å². The lowest BCUT2D eigenvalue weighted by Gasteiger charge is -2.26. The zero-order valence-corrected chi connectivity index (χ0v) is 16.3. The number of phenols is 1. The number of hydrogen-bond acceptors (Lipinski definition) is 4. The molecule has 0 saturated carbocycles. The number of halogens is 1. The van der Waals surface area contributed by atoms with Crippen LogP contribution < -0.4 is 10.1 Å². The van der Waals surface area contributed by atoms with Crippen LogP contribution in [0.4, 0.5) is 0 Å². The first kappa shape index (κ1) is 21.3. The van der Waals surface area contributed by atoms with Crippen LogP contribution in [0.2, 0.25) is 0 Å². The number of ether oxygens (including phenoxy) is 1. The molecular formula is C22H28ClNO3. The molecule has 5 heteroatoms. The van der Waals surface area contributed by atoms with Crippen LogP contribution in [0.3, 0.4) is 0 Å². The smallest absolute Gasteiger partial charge is 0.122 e. The lowest BCUT2D eigenvalue weighted by Crippen LogP contribution is -2.40.